The van der Waals surface area contributed by atoms with E-state index < -0.39 is 17.9 Å². The van der Waals surface area contributed by atoms with Crippen molar-refractivity contribution in [3.8, 4) is 0 Å². The van der Waals surface area contributed by atoms with E-state index in [2.05, 4.69) is 10.3 Å². The highest BCUT2D eigenvalue weighted by atomic mass is 16.4. The molecule has 1 rings (SSSR count). The maximum atomic E-state index is 11.8. The van der Waals surface area contributed by atoms with Gasteiger partial charge in [-0.05, 0) is 25.0 Å². The molecule has 0 aliphatic carbocycles. The number of rotatable bonds is 4. The number of hydrogen-bond acceptors (Lipinski definition) is 3. The Hall–Kier alpha value is -1.91. The molecule has 0 spiro atoms. The summed E-state index contributed by atoms with van der Waals surface area (Å²) in [4.78, 5) is 26.8. The summed E-state index contributed by atoms with van der Waals surface area (Å²) in [6.07, 6.45) is 0. The van der Waals surface area contributed by atoms with Gasteiger partial charge in [0.15, 0.2) is 0 Å². The molecule has 1 aromatic heterocycles. The van der Waals surface area contributed by atoms with Crippen LogP contribution in [0.2, 0.25) is 0 Å². The molecule has 5 heteroatoms. The molecule has 1 heterocycles. The van der Waals surface area contributed by atoms with Crippen LogP contribution in [0.5, 0.6) is 0 Å². The van der Waals surface area contributed by atoms with Gasteiger partial charge in [-0.2, -0.15) is 0 Å². The summed E-state index contributed by atoms with van der Waals surface area (Å²) in [5, 5.41) is 11.4. The normalized spacial score (nSPS) is 12.2. The first-order valence-corrected chi connectivity index (χ1v) is 5.39. The van der Waals surface area contributed by atoms with Crippen molar-refractivity contribution >= 4 is 11.9 Å². The third kappa shape index (κ3) is 3.55. The Bertz CT molecular complexity index is 430. The number of aromatic nitrogens is 1. The second-order valence-corrected chi connectivity index (χ2v) is 4.20. The van der Waals surface area contributed by atoms with Gasteiger partial charge in [0.2, 0.25) is 0 Å². The molecule has 17 heavy (non-hydrogen) atoms. The van der Waals surface area contributed by atoms with E-state index in [1.165, 1.54) is 0 Å². The maximum Gasteiger partial charge on any atom is 0.326 e. The second kappa shape index (κ2) is 5.43. The minimum Gasteiger partial charge on any atom is -0.480 e. The highest BCUT2D eigenvalue weighted by Crippen LogP contribution is 2.04. The van der Waals surface area contributed by atoms with E-state index in [4.69, 9.17) is 5.11 Å². The predicted octanol–water partition coefficient (Wildman–Crippen LogP) is 1.23. The summed E-state index contributed by atoms with van der Waals surface area (Å²) in [5.74, 6) is -1.68. The molecular formula is C12H16N2O3. The van der Waals surface area contributed by atoms with Crippen molar-refractivity contribution in [2.24, 2.45) is 5.92 Å². The quantitative estimate of drug-likeness (QED) is 0.824. The van der Waals surface area contributed by atoms with E-state index in [1.54, 1.807) is 39.0 Å². The Labute approximate surface area is 99.9 Å². The van der Waals surface area contributed by atoms with E-state index in [0.29, 0.717) is 5.69 Å². The van der Waals surface area contributed by atoms with Crippen LogP contribution in [0.25, 0.3) is 0 Å². The molecule has 2 N–H and O–H groups in total. The topological polar surface area (TPSA) is 79.3 Å². The van der Waals surface area contributed by atoms with Crippen LogP contribution >= 0.6 is 0 Å². The van der Waals surface area contributed by atoms with Gasteiger partial charge in [0, 0.05) is 5.69 Å². The van der Waals surface area contributed by atoms with Crippen molar-refractivity contribution in [1.29, 1.82) is 0 Å². The van der Waals surface area contributed by atoms with Crippen molar-refractivity contribution < 1.29 is 14.7 Å². The van der Waals surface area contributed by atoms with Gasteiger partial charge in [0.05, 0.1) is 0 Å². The summed E-state index contributed by atoms with van der Waals surface area (Å²) < 4.78 is 0. The maximum absolute atomic E-state index is 11.8. The molecule has 0 bridgehead atoms. The van der Waals surface area contributed by atoms with Gasteiger partial charge in [0.1, 0.15) is 11.7 Å². The number of hydrogen-bond donors (Lipinski definition) is 2. The van der Waals surface area contributed by atoms with Gasteiger partial charge >= 0.3 is 5.97 Å². The summed E-state index contributed by atoms with van der Waals surface area (Å²) in [5.41, 5.74) is 0.950. The van der Waals surface area contributed by atoms with E-state index in [9.17, 15) is 9.59 Å². The molecule has 0 aliphatic rings. The molecule has 5 nitrogen and oxygen atoms in total. The van der Waals surface area contributed by atoms with Crippen LogP contribution in [0, 0.1) is 12.8 Å². The van der Waals surface area contributed by atoms with Crippen LogP contribution in [0.4, 0.5) is 0 Å². The van der Waals surface area contributed by atoms with Crippen LogP contribution in [0.1, 0.15) is 30.0 Å². The number of carboxylic acids is 1. The lowest BCUT2D eigenvalue weighted by molar-refractivity contribution is -0.140. The molecule has 0 aliphatic heterocycles. The molecule has 1 aromatic rings. The molecule has 1 unspecified atom stereocenters. The van der Waals surface area contributed by atoms with E-state index in [0.717, 1.165) is 0 Å². The van der Waals surface area contributed by atoms with Gasteiger partial charge in [-0.25, -0.2) is 9.78 Å². The standard InChI is InChI=1S/C12H16N2O3/c1-7(2)10(12(16)17)14-11(15)9-6-4-5-8(3)13-9/h4-7,10H,1-3H3,(H,14,15)(H,16,17). The number of pyridine rings is 1. The van der Waals surface area contributed by atoms with Crippen LogP contribution in [-0.2, 0) is 4.79 Å². The van der Waals surface area contributed by atoms with Gasteiger partial charge in [-0.1, -0.05) is 19.9 Å². The monoisotopic (exact) mass is 236 g/mol. The Balaban J connectivity index is 2.81. The molecule has 0 fully saturated rings. The number of nitrogens with one attached hydrogen (secondary N) is 1. The highest BCUT2D eigenvalue weighted by molar-refractivity contribution is 5.95. The fourth-order valence-electron chi connectivity index (χ4n) is 1.40. The number of nitrogens with zero attached hydrogens (tertiary/aromatic N) is 1. The number of amides is 1. The molecular weight excluding hydrogens is 220 g/mol. The fraction of sp³-hybridized carbons (Fsp3) is 0.417. The Kier molecular flexibility index (Phi) is 4.20. The lowest BCUT2D eigenvalue weighted by atomic mass is 10.0. The third-order valence-corrected chi connectivity index (χ3v) is 2.34. The smallest absolute Gasteiger partial charge is 0.326 e. The second-order valence-electron chi connectivity index (χ2n) is 4.20. The Morgan fingerprint density at radius 3 is 2.47 bits per heavy atom. The van der Waals surface area contributed by atoms with Gasteiger partial charge in [-0.3, -0.25) is 4.79 Å². The van der Waals surface area contributed by atoms with Crippen molar-refractivity contribution in [3.05, 3.63) is 29.6 Å². The van der Waals surface area contributed by atoms with Crippen LogP contribution in [-0.4, -0.2) is 28.0 Å². The average molecular weight is 236 g/mol. The Morgan fingerprint density at radius 2 is 2.00 bits per heavy atom. The largest absolute Gasteiger partial charge is 0.480 e. The fourth-order valence-corrected chi connectivity index (χ4v) is 1.40. The number of carbonyl (C=O) groups is 2. The van der Waals surface area contributed by atoms with E-state index in [1.807, 2.05) is 0 Å². The number of carboxylic acid groups (broad SMARTS) is 1. The predicted molar refractivity (Wildman–Crippen MR) is 62.7 cm³/mol. The number of aliphatic carboxylic acids is 1. The first kappa shape index (κ1) is 13.2. The van der Waals surface area contributed by atoms with Gasteiger partial charge in [-0.15, -0.1) is 0 Å². The zero-order valence-corrected chi connectivity index (χ0v) is 10.1. The van der Waals surface area contributed by atoms with Crippen LogP contribution in [0.15, 0.2) is 18.2 Å². The van der Waals surface area contributed by atoms with Crippen molar-refractivity contribution in [1.82, 2.24) is 10.3 Å². The lowest BCUT2D eigenvalue weighted by Gasteiger charge is -2.17. The average Bonchev–Trinajstić information content (AvgIpc) is 2.24. The summed E-state index contributed by atoms with van der Waals surface area (Å²) in [7, 11) is 0. The number of aryl methyl sites for hydroxylation is 1. The Morgan fingerprint density at radius 1 is 1.35 bits per heavy atom. The zero-order chi connectivity index (χ0) is 13.0. The molecule has 0 saturated heterocycles. The lowest BCUT2D eigenvalue weighted by Crippen LogP contribution is -2.44. The van der Waals surface area contributed by atoms with Gasteiger partial charge in [0.25, 0.3) is 5.91 Å². The highest BCUT2D eigenvalue weighted by Gasteiger charge is 2.24. The zero-order valence-electron chi connectivity index (χ0n) is 10.1. The van der Waals surface area contributed by atoms with Crippen LogP contribution < -0.4 is 5.32 Å². The molecule has 1 amide bonds. The summed E-state index contributed by atoms with van der Waals surface area (Å²) in [6.45, 7) is 5.25. The van der Waals surface area contributed by atoms with Gasteiger partial charge < -0.3 is 10.4 Å². The SMILES string of the molecule is Cc1cccc(C(=O)NC(C(=O)O)C(C)C)n1. The van der Waals surface area contributed by atoms with Crippen molar-refractivity contribution in [2.75, 3.05) is 0 Å². The molecule has 0 radical (unpaired) electrons. The minimum absolute atomic E-state index is 0.179. The first-order chi connectivity index (χ1) is 7.91. The molecule has 1 atom stereocenters. The first-order valence-electron chi connectivity index (χ1n) is 5.39. The van der Waals surface area contributed by atoms with E-state index >= 15 is 0 Å². The van der Waals surface area contributed by atoms with Crippen LogP contribution in [0.3, 0.4) is 0 Å². The molecule has 0 saturated carbocycles. The molecule has 0 aromatic carbocycles. The number of carbonyl (C=O) groups excluding carboxylic acids is 1. The third-order valence-electron chi connectivity index (χ3n) is 2.34. The summed E-state index contributed by atoms with van der Waals surface area (Å²) in [6, 6.07) is 4.14. The van der Waals surface area contributed by atoms with Crippen molar-refractivity contribution in [3.63, 3.8) is 0 Å². The van der Waals surface area contributed by atoms with E-state index in [-0.39, 0.29) is 11.6 Å². The summed E-state index contributed by atoms with van der Waals surface area (Å²) >= 11 is 0. The molecule has 92 valence electrons. The minimum atomic E-state index is -1.04. The van der Waals surface area contributed by atoms with Crippen molar-refractivity contribution in [2.45, 2.75) is 26.8 Å².